The molecule has 9 heteroatoms. The number of nitrogens with one attached hydrogen (secondary N) is 1. The first kappa shape index (κ1) is 37.1. The Morgan fingerprint density at radius 2 is 1.65 bits per heavy atom. The van der Waals surface area contributed by atoms with Gasteiger partial charge in [-0.2, -0.15) is 0 Å². The van der Waals surface area contributed by atoms with Gasteiger partial charge in [-0.3, -0.25) is 0 Å². The number of sulfone groups is 1. The van der Waals surface area contributed by atoms with Gasteiger partial charge in [-0.05, 0) is 133 Å². The lowest BCUT2D eigenvalue weighted by molar-refractivity contribution is -0.218. The van der Waals surface area contributed by atoms with Crippen molar-refractivity contribution in [2.45, 2.75) is 105 Å². The molecule has 51 heavy (non-hydrogen) atoms. The van der Waals surface area contributed by atoms with Gasteiger partial charge in [0.25, 0.3) is 0 Å². The first-order valence-electron chi connectivity index (χ1n) is 19.8. The highest BCUT2D eigenvalue weighted by molar-refractivity contribution is 7.91. The van der Waals surface area contributed by atoms with E-state index in [2.05, 4.69) is 68.2 Å². The van der Waals surface area contributed by atoms with Crippen molar-refractivity contribution < 1.29 is 23.2 Å². The number of methoxy groups -OCH3 is 1. The summed E-state index contributed by atoms with van der Waals surface area (Å²) in [6.07, 6.45) is 13.1. The topological polar surface area (TPSA) is 108 Å². The van der Waals surface area contributed by atoms with E-state index in [4.69, 9.17) is 4.74 Å². The zero-order chi connectivity index (χ0) is 36.6. The summed E-state index contributed by atoms with van der Waals surface area (Å²) in [6.45, 7) is 17.9. The van der Waals surface area contributed by atoms with Crippen LogP contribution >= 0.6 is 0 Å². The van der Waals surface area contributed by atoms with Gasteiger partial charge in [-0.25, -0.2) is 13.2 Å². The van der Waals surface area contributed by atoms with Gasteiger partial charge in [0.1, 0.15) is 0 Å². The average Bonchev–Trinajstić information content (AvgIpc) is 3.48. The second kappa shape index (κ2) is 13.0. The van der Waals surface area contributed by atoms with E-state index in [1.165, 1.54) is 50.4 Å². The molecule has 1 saturated heterocycles. The van der Waals surface area contributed by atoms with Crippen LogP contribution in [0, 0.1) is 51.2 Å². The molecule has 1 aromatic carbocycles. The van der Waals surface area contributed by atoms with Crippen molar-refractivity contribution in [2.75, 3.05) is 44.8 Å². The lowest BCUT2D eigenvalue weighted by Crippen LogP contribution is -2.68. The zero-order valence-corrected chi connectivity index (χ0v) is 33.1. The Morgan fingerprint density at radius 1 is 0.941 bits per heavy atom. The molecule has 1 aromatic rings. The fourth-order valence-electron chi connectivity index (χ4n) is 13.9. The molecule has 2 N–H and O–H groups in total. The first-order valence-corrected chi connectivity index (χ1v) is 21.6. The normalized spacial score (nSPS) is 41.7. The highest BCUT2D eigenvalue weighted by Crippen LogP contribution is 2.76. The van der Waals surface area contributed by atoms with Gasteiger partial charge in [0, 0.05) is 37.6 Å². The Hall–Kier alpha value is -2.23. The Morgan fingerprint density at radius 3 is 2.31 bits per heavy atom. The second-order valence-corrected chi connectivity index (χ2v) is 21.1. The van der Waals surface area contributed by atoms with Crippen molar-refractivity contribution >= 4 is 27.1 Å². The molecule has 0 aromatic heterocycles. The minimum Gasteiger partial charge on any atom is -0.465 e. The van der Waals surface area contributed by atoms with Crippen LogP contribution in [0.25, 0.3) is 5.57 Å². The number of benzene rings is 1. The number of nitrogens with zero attached hydrogens (tertiary/aromatic N) is 2. The number of oxime groups is 1. The number of allylic oxidation sites excluding steroid dienone is 2. The van der Waals surface area contributed by atoms with Crippen LogP contribution in [0.4, 0.5) is 0 Å². The number of rotatable bonds is 7. The highest BCUT2D eigenvalue weighted by atomic mass is 32.2. The van der Waals surface area contributed by atoms with E-state index in [0.29, 0.717) is 42.3 Å². The van der Waals surface area contributed by atoms with Crippen LogP contribution in [-0.4, -0.2) is 80.5 Å². The van der Waals surface area contributed by atoms with E-state index < -0.39 is 9.84 Å². The van der Waals surface area contributed by atoms with E-state index in [9.17, 15) is 18.4 Å². The fourth-order valence-corrected chi connectivity index (χ4v) is 15.2. The van der Waals surface area contributed by atoms with Crippen LogP contribution < -0.4 is 5.32 Å². The maximum Gasteiger partial charge on any atom is 0.337 e. The van der Waals surface area contributed by atoms with Crippen LogP contribution in [0.3, 0.4) is 0 Å². The molecular weight excluding hydrogens is 659 g/mol. The van der Waals surface area contributed by atoms with Crippen molar-refractivity contribution in [1.29, 1.82) is 0 Å². The van der Waals surface area contributed by atoms with Gasteiger partial charge in [-0.15, -0.1) is 0 Å². The van der Waals surface area contributed by atoms with E-state index in [1.807, 2.05) is 19.1 Å². The quantitative estimate of drug-likeness (QED) is 0.130. The second-order valence-electron chi connectivity index (χ2n) is 18.8. The van der Waals surface area contributed by atoms with Gasteiger partial charge in [-0.1, -0.05) is 58.0 Å². The molecule has 4 saturated carbocycles. The van der Waals surface area contributed by atoms with Crippen LogP contribution in [0.1, 0.15) is 115 Å². The van der Waals surface area contributed by atoms with Crippen LogP contribution in [-0.2, 0) is 14.6 Å². The molecule has 1 aliphatic heterocycles. The number of hydrogen-bond acceptors (Lipinski definition) is 8. The number of ether oxygens (including phenoxy) is 1. The smallest absolute Gasteiger partial charge is 0.337 e. The van der Waals surface area contributed by atoms with E-state index in [1.54, 1.807) is 0 Å². The Labute approximate surface area is 307 Å². The zero-order valence-electron chi connectivity index (χ0n) is 32.3. The van der Waals surface area contributed by atoms with Gasteiger partial charge in [0.15, 0.2) is 9.84 Å². The summed E-state index contributed by atoms with van der Waals surface area (Å²) in [5, 5.41) is 18.1. The fraction of sp³-hybridized carbons (Fsp3) is 0.762. The molecule has 5 aliphatic carbocycles. The molecule has 0 bridgehead atoms. The highest BCUT2D eigenvalue weighted by Gasteiger charge is 2.70. The third-order valence-corrected chi connectivity index (χ3v) is 18.3. The summed E-state index contributed by atoms with van der Waals surface area (Å²) in [4.78, 5) is 14.5. The molecule has 0 spiro atoms. The summed E-state index contributed by atoms with van der Waals surface area (Å²) in [6, 6.07) is 8.03. The summed E-state index contributed by atoms with van der Waals surface area (Å²) in [5.74, 6) is 2.72. The molecule has 1 heterocycles. The van der Waals surface area contributed by atoms with Crippen LogP contribution in [0.2, 0.25) is 0 Å². The molecule has 7 rings (SSSR count). The average molecular weight is 722 g/mol. The van der Waals surface area contributed by atoms with Crippen molar-refractivity contribution in [1.82, 2.24) is 10.2 Å². The van der Waals surface area contributed by atoms with Gasteiger partial charge in [0.05, 0.1) is 29.9 Å². The molecular formula is C42H63N3O5S. The summed E-state index contributed by atoms with van der Waals surface area (Å²) < 4.78 is 29.0. The number of carbonyl (C=O) groups is 1. The minimum atomic E-state index is -2.89. The van der Waals surface area contributed by atoms with E-state index in [0.717, 1.165) is 44.5 Å². The predicted molar refractivity (Wildman–Crippen MR) is 204 cm³/mol. The maximum absolute atomic E-state index is 12.1. The Balaban J connectivity index is 1.15. The molecule has 0 amide bonds. The van der Waals surface area contributed by atoms with Gasteiger partial charge >= 0.3 is 5.97 Å². The summed E-state index contributed by atoms with van der Waals surface area (Å²) in [7, 11) is -1.46. The van der Waals surface area contributed by atoms with E-state index in [-0.39, 0.29) is 50.6 Å². The van der Waals surface area contributed by atoms with Crippen LogP contribution in [0.15, 0.2) is 35.5 Å². The minimum absolute atomic E-state index is 0.00823. The largest absolute Gasteiger partial charge is 0.465 e. The lowest BCUT2D eigenvalue weighted by Gasteiger charge is -2.72. The van der Waals surface area contributed by atoms with Crippen molar-refractivity contribution in [3.05, 3.63) is 41.5 Å². The lowest BCUT2D eigenvalue weighted by atomic mass is 9.33. The standard InChI is InChI=1S/C42H63N3O5S/c1-28(44-47)31-14-19-42(43-22-23-45-24-26-51(48,49)27-25-45)21-20-40(5)33(36(31)42)12-13-35-39(4)17-15-32(29-8-10-30(11-9-29)37(46)50-7)38(2,3)34(39)16-18-41(35,40)6/h8-11,15,31,33-36,43,47H,12-14,16-27H2,1-7H3/t31-,33+,34-,35+,36+,39-,40+,41+,42-/m0/s1. The number of esters is 1. The van der Waals surface area contributed by atoms with E-state index >= 15 is 0 Å². The van der Waals surface area contributed by atoms with Gasteiger partial charge in [0.2, 0.25) is 0 Å². The SMILES string of the molecule is COC(=O)c1ccc(C2=CC[C@]3(C)[C@H]4CC[C@@H]5[C@H]6[C@H](C(C)=NO)CC[C@]6(NCCN6CCS(=O)(=O)CC6)CC[C@@]5(C)[C@]4(C)CC[C@H]3C2(C)C)cc1. The summed E-state index contributed by atoms with van der Waals surface area (Å²) in [5.41, 5.74) is 4.76. The molecule has 9 atom stereocenters. The molecule has 8 nitrogen and oxygen atoms in total. The monoisotopic (exact) mass is 721 g/mol. The number of fused-ring (bicyclic) bond motifs is 7. The number of carbonyl (C=O) groups excluding carboxylic acids is 1. The third kappa shape index (κ3) is 5.76. The molecule has 282 valence electrons. The van der Waals surface area contributed by atoms with Gasteiger partial charge < -0.3 is 20.2 Å². The third-order valence-electron chi connectivity index (χ3n) is 16.7. The Bertz CT molecular complexity index is 1670. The first-order chi connectivity index (χ1) is 24.1. The Kier molecular flexibility index (Phi) is 9.43. The molecule has 0 radical (unpaired) electrons. The van der Waals surface area contributed by atoms with Crippen molar-refractivity contribution in [2.24, 2.45) is 56.4 Å². The van der Waals surface area contributed by atoms with Crippen LogP contribution in [0.5, 0.6) is 0 Å². The van der Waals surface area contributed by atoms with Crippen molar-refractivity contribution in [3.8, 4) is 0 Å². The number of hydrogen-bond donors (Lipinski definition) is 2. The molecule has 5 fully saturated rings. The molecule has 6 aliphatic rings. The predicted octanol–water partition coefficient (Wildman–Crippen LogP) is 7.47. The maximum atomic E-state index is 12.1. The van der Waals surface area contributed by atoms with Crippen molar-refractivity contribution in [3.63, 3.8) is 0 Å². The molecule has 0 unspecified atom stereocenters. The summed E-state index contributed by atoms with van der Waals surface area (Å²) >= 11 is 0.